The van der Waals surface area contributed by atoms with Crippen molar-refractivity contribution in [1.82, 2.24) is 15.1 Å². The highest BCUT2D eigenvalue weighted by Gasteiger charge is 2.39. The average molecular weight is 322 g/mol. The zero-order valence-electron chi connectivity index (χ0n) is 13.2. The van der Waals surface area contributed by atoms with Crippen molar-refractivity contribution in [3.05, 3.63) is 60.2 Å². The van der Waals surface area contributed by atoms with Crippen LogP contribution in [0.15, 0.2) is 53.3 Å². The molecule has 0 unspecified atom stereocenters. The number of nitrogens with zero attached hydrogens (tertiary/aromatic N) is 3. The first-order valence-corrected chi connectivity index (χ1v) is 7.98. The molecule has 6 heteroatoms. The van der Waals surface area contributed by atoms with Gasteiger partial charge < -0.3 is 15.0 Å². The van der Waals surface area contributed by atoms with E-state index < -0.39 is 5.54 Å². The molecular weight excluding hydrogens is 304 g/mol. The molecular formula is C18H18N4O2. The van der Waals surface area contributed by atoms with E-state index in [9.17, 15) is 0 Å². The molecule has 0 aliphatic heterocycles. The molecule has 1 saturated carbocycles. The number of ether oxygens (including phenoxy) is 1. The first-order chi connectivity index (χ1) is 11.7. The first-order valence-electron chi connectivity index (χ1n) is 7.98. The molecule has 122 valence electrons. The quantitative estimate of drug-likeness (QED) is 0.777. The van der Waals surface area contributed by atoms with Crippen LogP contribution >= 0.6 is 0 Å². The van der Waals surface area contributed by atoms with Gasteiger partial charge in [0.05, 0.1) is 5.54 Å². The maximum Gasteiger partial charge on any atom is 0.258 e. The lowest BCUT2D eigenvalue weighted by molar-refractivity contribution is 0.229. The topological polar surface area (TPSA) is 87.1 Å². The second-order valence-corrected chi connectivity index (χ2v) is 6.11. The smallest absolute Gasteiger partial charge is 0.258 e. The Balaban J connectivity index is 1.50. The second kappa shape index (κ2) is 6.05. The van der Waals surface area contributed by atoms with Crippen molar-refractivity contribution in [3.63, 3.8) is 0 Å². The highest BCUT2D eigenvalue weighted by atomic mass is 16.5. The summed E-state index contributed by atoms with van der Waals surface area (Å²) in [6.45, 7) is 0.457. The summed E-state index contributed by atoms with van der Waals surface area (Å²) in [5, 5.41) is 4.05. The summed E-state index contributed by atoms with van der Waals surface area (Å²) in [5.74, 6) is 1.79. The van der Waals surface area contributed by atoms with Crippen LogP contribution in [0.4, 0.5) is 0 Å². The van der Waals surface area contributed by atoms with Crippen molar-refractivity contribution in [2.24, 2.45) is 5.73 Å². The van der Waals surface area contributed by atoms with E-state index in [1.54, 1.807) is 12.4 Å². The Bertz CT molecular complexity index is 828. The molecule has 0 bridgehead atoms. The van der Waals surface area contributed by atoms with Crippen molar-refractivity contribution in [2.45, 2.75) is 31.4 Å². The molecule has 2 N–H and O–H groups in total. The summed E-state index contributed by atoms with van der Waals surface area (Å²) in [7, 11) is 0. The van der Waals surface area contributed by atoms with Gasteiger partial charge in [-0.3, -0.25) is 4.98 Å². The first kappa shape index (κ1) is 14.8. The van der Waals surface area contributed by atoms with E-state index in [0.717, 1.165) is 36.1 Å². The molecule has 1 aliphatic carbocycles. The summed E-state index contributed by atoms with van der Waals surface area (Å²) < 4.78 is 11.2. The monoisotopic (exact) mass is 322 g/mol. The number of aromatic nitrogens is 3. The van der Waals surface area contributed by atoms with E-state index in [1.807, 2.05) is 36.4 Å². The highest BCUT2D eigenvalue weighted by molar-refractivity contribution is 5.55. The third kappa shape index (κ3) is 2.88. The minimum Gasteiger partial charge on any atom is -0.489 e. The molecule has 1 aromatic carbocycles. The zero-order valence-corrected chi connectivity index (χ0v) is 13.2. The van der Waals surface area contributed by atoms with Crippen LogP contribution in [0.5, 0.6) is 5.75 Å². The molecule has 6 nitrogen and oxygen atoms in total. The number of nitrogens with two attached hydrogens (primary N) is 1. The van der Waals surface area contributed by atoms with Gasteiger partial charge in [-0.15, -0.1) is 0 Å². The molecule has 2 heterocycles. The van der Waals surface area contributed by atoms with Crippen molar-refractivity contribution in [1.29, 1.82) is 0 Å². The number of hydrogen-bond acceptors (Lipinski definition) is 6. The number of rotatable bonds is 5. The normalized spacial score (nSPS) is 15.7. The Hall–Kier alpha value is -2.73. The fourth-order valence-corrected chi connectivity index (χ4v) is 2.69. The van der Waals surface area contributed by atoms with Crippen molar-refractivity contribution in [3.8, 4) is 17.2 Å². The van der Waals surface area contributed by atoms with E-state index in [1.165, 1.54) is 0 Å². The molecule has 0 amide bonds. The molecule has 0 atom stereocenters. The van der Waals surface area contributed by atoms with Gasteiger partial charge in [0, 0.05) is 23.5 Å². The van der Waals surface area contributed by atoms with Gasteiger partial charge in [0.1, 0.15) is 12.4 Å². The van der Waals surface area contributed by atoms with Crippen molar-refractivity contribution >= 4 is 0 Å². The minimum absolute atomic E-state index is 0.420. The van der Waals surface area contributed by atoms with Crippen LogP contribution in [0.1, 0.15) is 30.7 Å². The Labute approximate surface area is 139 Å². The lowest BCUT2D eigenvalue weighted by atomic mass is 9.77. The summed E-state index contributed by atoms with van der Waals surface area (Å²) in [6.07, 6.45) is 6.44. The van der Waals surface area contributed by atoms with Crippen LogP contribution < -0.4 is 10.5 Å². The van der Waals surface area contributed by atoms with Gasteiger partial charge in [-0.25, -0.2) is 0 Å². The molecule has 1 fully saturated rings. The number of hydrogen-bond donors (Lipinski definition) is 1. The summed E-state index contributed by atoms with van der Waals surface area (Å²) >= 11 is 0. The van der Waals surface area contributed by atoms with Gasteiger partial charge in [-0.2, -0.15) is 4.98 Å². The van der Waals surface area contributed by atoms with Crippen LogP contribution in [-0.4, -0.2) is 15.1 Å². The highest BCUT2D eigenvalue weighted by Crippen LogP contribution is 2.37. The van der Waals surface area contributed by atoms with Gasteiger partial charge in [0.25, 0.3) is 5.89 Å². The molecule has 24 heavy (non-hydrogen) atoms. The third-order valence-electron chi connectivity index (χ3n) is 4.33. The van der Waals surface area contributed by atoms with E-state index in [0.29, 0.717) is 18.3 Å². The van der Waals surface area contributed by atoms with Gasteiger partial charge in [-0.1, -0.05) is 17.3 Å². The Morgan fingerprint density at radius 1 is 1.21 bits per heavy atom. The van der Waals surface area contributed by atoms with Crippen molar-refractivity contribution in [2.75, 3.05) is 0 Å². The Morgan fingerprint density at radius 3 is 2.88 bits per heavy atom. The van der Waals surface area contributed by atoms with Crippen LogP contribution in [0, 0.1) is 0 Å². The summed E-state index contributed by atoms with van der Waals surface area (Å²) in [6, 6.07) is 11.5. The molecule has 4 rings (SSSR count). The minimum atomic E-state index is -0.420. The van der Waals surface area contributed by atoms with E-state index in [4.69, 9.17) is 15.0 Å². The molecule has 0 spiro atoms. The Morgan fingerprint density at radius 2 is 2.12 bits per heavy atom. The number of pyridine rings is 1. The van der Waals surface area contributed by atoms with Gasteiger partial charge in [0.15, 0.2) is 5.82 Å². The lowest BCUT2D eigenvalue weighted by Gasteiger charge is -2.34. The zero-order chi connectivity index (χ0) is 16.4. The fourth-order valence-electron chi connectivity index (χ4n) is 2.69. The largest absolute Gasteiger partial charge is 0.489 e. The fraction of sp³-hybridized carbons (Fsp3) is 0.278. The SMILES string of the molecule is NC1(c2noc(-c3cccc(OCc4cccnc4)c3)n2)CCC1. The van der Waals surface area contributed by atoms with E-state index in [2.05, 4.69) is 15.1 Å². The molecule has 2 aromatic heterocycles. The number of benzene rings is 1. The van der Waals surface area contributed by atoms with E-state index in [-0.39, 0.29) is 0 Å². The Kier molecular flexibility index (Phi) is 3.74. The molecule has 0 radical (unpaired) electrons. The summed E-state index contributed by atoms with van der Waals surface area (Å²) in [4.78, 5) is 8.54. The van der Waals surface area contributed by atoms with Crippen LogP contribution in [0.25, 0.3) is 11.5 Å². The van der Waals surface area contributed by atoms with Crippen LogP contribution in [0.2, 0.25) is 0 Å². The predicted molar refractivity (Wildman–Crippen MR) is 88.0 cm³/mol. The van der Waals surface area contributed by atoms with Gasteiger partial charge >= 0.3 is 0 Å². The average Bonchev–Trinajstić information content (AvgIpc) is 3.09. The predicted octanol–water partition coefficient (Wildman–Crippen LogP) is 3.05. The second-order valence-electron chi connectivity index (χ2n) is 6.11. The van der Waals surface area contributed by atoms with Gasteiger partial charge in [0.2, 0.25) is 0 Å². The molecule has 1 aliphatic rings. The van der Waals surface area contributed by atoms with Gasteiger partial charge in [-0.05, 0) is 43.5 Å². The lowest BCUT2D eigenvalue weighted by Crippen LogP contribution is -2.44. The van der Waals surface area contributed by atoms with Crippen molar-refractivity contribution < 1.29 is 9.26 Å². The van der Waals surface area contributed by atoms with E-state index >= 15 is 0 Å². The van der Waals surface area contributed by atoms with Crippen LogP contribution in [-0.2, 0) is 12.1 Å². The maximum atomic E-state index is 6.24. The standard InChI is InChI=1S/C18H18N4O2/c19-18(7-3-8-18)17-21-16(24-22-17)14-5-1-6-15(10-14)23-12-13-4-2-9-20-11-13/h1-2,4-6,9-11H,3,7-8,12,19H2. The maximum absolute atomic E-state index is 6.24. The third-order valence-corrected chi connectivity index (χ3v) is 4.33. The van der Waals surface area contributed by atoms with Crippen LogP contribution in [0.3, 0.4) is 0 Å². The molecule has 0 saturated heterocycles. The molecule has 3 aromatic rings. The summed E-state index contributed by atoms with van der Waals surface area (Å²) in [5.41, 5.74) is 7.65.